The molecule has 7 heteroatoms. The van der Waals surface area contributed by atoms with E-state index in [9.17, 15) is 13.2 Å². The second kappa shape index (κ2) is 5.24. The number of rotatable bonds is 4. The molecule has 1 aromatic carbocycles. The monoisotopic (exact) mass is 319 g/mol. The van der Waals surface area contributed by atoms with E-state index in [1.165, 1.54) is 16.9 Å². The predicted octanol–water partition coefficient (Wildman–Crippen LogP) is 1.87. The van der Waals surface area contributed by atoms with Crippen LogP contribution in [0.4, 0.5) is 5.69 Å². The molecule has 1 aromatic heterocycles. The second-order valence-corrected chi connectivity index (χ2v) is 7.71. The van der Waals surface area contributed by atoms with Gasteiger partial charge in [0, 0.05) is 12.2 Å². The van der Waals surface area contributed by atoms with Crippen molar-refractivity contribution in [2.24, 2.45) is 11.8 Å². The summed E-state index contributed by atoms with van der Waals surface area (Å²) in [5.41, 5.74) is 1.03. The van der Waals surface area contributed by atoms with Crippen LogP contribution in [-0.2, 0) is 14.6 Å². The molecule has 0 radical (unpaired) electrons. The van der Waals surface area contributed by atoms with Crippen molar-refractivity contribution in [2.45, 2.75) is 18.2 Å². The molecule has 1 aliphatic rings. The predicted molar refractivity (Wildman–Crippen MR) is 82.6 cm³/mol. The highest BCUT2D eigenvalue weighted by Crippen LogP contribution is 2.38. The lowest BCUT2D eigenvalue weighted by atomic mass is 10.3. The Kier molecular flexibility index (Phi) is 3.52. The van der Waals surface area contributed by atoms with Crippen molar-refractivity contribution in [3.63, 3.8) is 0 Å². The number of carbonyl (C=O) groups excluding carboxylic acids is 1. The number of aromatic nitrogens is 2. The molecule has 116 valence electrons. The molecule has 1 heterocycles. The second-order valence-electron chi connectivity index (χ2n) is 5.72. The summed E-state index contributed by atoms with van der Waals surface area (Å²) in [5, 5.41) is 6.96. The van der Waals surface area contributed by atoms with E-state index in [0.717, 1.165) is 12.7 Å². The maximum absolute atomic E-state index is 11.9. The molecule has 1 aliphatic carbocycles. The molecule has 2 aromatic rings. The van der Waals surface area contributed by atoms with Crippen LogP contribution in [0.5, 0.6) is 0 Å². The van der Waals surface area contributed by atoms with Crippen LogP contribution in [0.1, 0.15) is 13.3 Å². The van der Waals surface area contributed by atoms with E-state index in [0.29, 0.717) is 17.3 Å². The van der Waals surface area contributed by atoms with Crippen molar-refractivity contribution >= 4 is 21.4 Å². The fourth-order valence-corrected chi connectivity index (χ4v) is 3.27. The van der Waals surface area contributed by atoms with Crippen LogP contribution in [0.2, 0.25) is 0 Å². The summed E-state index contributed by atoms with van der Waals surface area (Å²) in [4.78, 5) is 12.1. The molecule has 0 bridgehead atoms. The first-order valence-electron chi connectivity index (χ1n) is 7.01. The van der Waals surface area contributed by atoms with Crippen molar-refractivity contribution < 1.29 is 13.2 Å². The van der Waals surface area contributed by atoms with E-state index < -0.39 is 9.84 Å². The lowest BCUT2D eigenvalue weighted by Crippen LogP contribution is -2.13. The Morgan fingerprint density at radius 2 is 2.05 bits per heavy atom. The zero-order chi connectivity index (χ0) is 15.9. The van der Waals surface area contributed by atoms with E-state index >= 15 is 0 Å². The van der Waals surface area contributed by atoms with Crippen molar-refractivity contribution in [1.29, 1.82) is 0 Å². The number of hydrogen-bond acceptors (Lipinski definition) is 4. The quantitative estimate of drug-likeness (QED) is 0.933. The normalized spacial score (nSPS) is 20.6. The van der Waals surface area contributed by atoms with Gasteiger partial charge in [-0.25, -0.2) is 13.1 Å². The van der Waals surface area contributed by atoms with Gasteiger partial charge in [-0.2, -0.15) is 5.10 Å². The topological polar surface area (TPSA) is 81.1 Å². The largest absolute Gasteiger partial charge is 0.323 e. The van der Waals surface area contributed by atoms with Crippen molar-refractivity contribution in [3.05, 3.63) is 36.7 Å². The Morgan fingerprint density at radius 1 is 1.36 bits per heavy atom. The first-order valence-corrected chi connectivity index (χ1v) is 8.90. The third-order valence-corrected chi connectivity index (χ3v) is 4.95. The van der Waals surface area contributed by atoms with Gasteiger partial charge in [-0.05, 0) is 24.5 Å². The molecule has 1 saturated carbocycles. The molecule has 1 amide bonds. The van der Waals surface area contributed by atoms with Crippen LogP contribution in [0.25, 0.3) is 5.69 Å². The highest BCUT2D eigenvalue weighted by Gasteiger charge is 2.39. The molecule has 6 nitrogen and oxygen atoms in total. The lowest BCUT2D eigenvalue weighted by molar-refractivity contribution is -0.117. The SMILES string of the molecule is CC1CC1C(=O)Nc1cnn(-c2ccccc2S(C)(=O)=O)c1. The first-order chi connectivity index (χ1) is 10.4. The van der Waals surface area contributed by atoms with Crippen LogP contribution in [0.3, 0.4) is 0 Å². The summed E-state index contributed by atoms with van der Waals surface area (Å²) in [5.74, 6) is 0.496. The molecule has 3 rings (SSSR count). The van der Waals surface area contributed by atoms with Crippen LogP contribution in [-0.4, -0.2) is 30.4 Å². The van der Waals surface area contributed by atoms with Crippen LogP contribution >= 0.6 is 0 Å². The van der Waals surface area contributed by atoms with Gasteiger partial charge in [-0.1, -0.05) is 19.1 Å². The number of amides is 1. The van der Waals surface area contributed by atoms with Gasteiger partial charge in [0.25, 0.3) is 0 Å². The molecule has 1 N–H and O–H groups in total. The van der Waals surface area contributed by atoms with Gasteiger partial charge in [0.2, 0.25) is 5.91 Å². The number of anilines is 1. The number of hydrogen-bond donors (Lipinski definition) is 1. The zero-order valence-electron chi connectivity index (χ0n) is 12.4. The molecule has 0 aliphatic heterocycles. The number of benzene rings is 1. The fourth-order valence-electron chi connectivity index (χ4n) is 2.40. The fraction of sp³-hybridized carbons (Fsp3) is 0.333. The number of sulfone groups is 1. The molecule has 0 spiro atoms. The average molecular weight is 319 g/mol. The minimum absolute atomic E-state index is 0.0107. The summed E-state index contributed by atoms with van der Waals surface area (Å²) in [6.07, 6.45) is 5.21. The van der Waals surface area contributed by atoms with Gasteiger partial charge >= 0.3 is 0 Å². The van der Waals surface area contributed by atoms with Crippen molar-refractivity contribution in [2.75, 3.05) is 11.6 Å². The Morgan fingerprint density at radius 3 is 2.68 bits per heavy atom. The summed E-state index contributed by atoms with van der Waals surface area (Å²) < 4.78 is 25.1. The zero-order valence-corrected chi connectivity index (χ0v) is 13.2. The van der Waals surface area contributed by atoms with Gasteiger partial charge in [-0.15, -0.1) is 0 Å². The summed E-state index contributed by atoms with van der Waals surface area (Å²) >= 11 is 0. The third-order valence-electron chi connectivity index (χ3n) is 3.81. The average Bonchev–Trinajstić information content (AvgIpc) is 3.01. The Bertz CT molecular complexity index is 826. The van der Waals surface area contributed by atoms with Crippen LogP contribution < -0.4 is 5.32 Å². The van der Waals surface area contributed by atoms with Gasteiger partial charge in [0.1, 0.15) is 0 Å². The lowest BCUT2D eigenvalue weighted by Gasteiger charge is -2.07. The van der Waals surface area contributed by atoms with E-state index in [-0.39, 0.29) is 16.7 Å². The Labute approximate surface area is 129 Å². The minimum Gasteiger partial charge on any atom is -0.323 e. The maximum Gasteiger partial charge on any atom is 0.227 e. The number of nitrogens with zero attached hydrogens (tertiary/aromatic N) is 2. The number of para-hydroxylation sites is 1. The molecule has 22 heavy (non-hydrogen) atoms. The van der Waals surface area contributed by atoms with Gasteiger partial charge in [0.15, 0.2) is 9.84 Å². The van der Waals surface area contributed by atoms with E-state index in [4.69, 9.17) is 0 Å². The number of nitrogens with one attached hydrogen (secondary N) is 1. The maximum atomic E-state index is 11.9. The first kappa shape index (κ1) is 14.8. The smallest absolute Gasteiger partial charge is 0.227 e. The van der Waals surface area contributed by atoms with E-state index in [1.807, 2.05) is 6.92 Å². The van der Waals surface area contributed by atoms with E-state index in [1.54, 1.807) is 24.4 Å². The Balaban J connectivity index is 1.87. The number of carbonyl (C=O) groups is 1. The van der Waals surface area contributed by atoms with Crippen LogP contribution in [0.15, 0.2) is 41.6 Å². The van der Waals surface area contributed by atoms with Crippen LogP contribution in [0, 0.1) is 11.8 Å². The molecule has 2 atom stereocenters. The minimum atomic E-state index is -3.35. The van der Waals surface area contributed by atoms with Gasteiger partial charge < -0.3 is 5.32 Å². The molecular weight excluding hydrogens is 302 g/mol. The summed E-state index contributed by atoms with van der Waals surface area (Å²) in [6, 6.07) is 6.63. The van der Waals surface area contributed by atoms with Gasteiger partial charge in [0.05, 0.1) is 28.7 Å². The molecule has 2 unspecified atom stereocenters. The van der Waals surface area contributed by atoms with Crippen molar-refractivity contribution in [1.82, 2.24) is 9.78 Å². The third kappa shape index (κ3) is 2.89. The molecular formula is C15H17N3O3S. The van der Waals surface area contributed by atoms with Gasteiger partial charge in [-0.3, -0.25) is 4.79 Å². The standard InChI is InChI=1S/C15H17N3O3S/c1-10-7-12(10)15(19)17-11-8-16-18(9-11)13-5-3-4-6-14(13)22(2,20)21/h3-6,8-10,12H,7H2,1-2H3,(H,17,19). The Hall–Kier alpha value is -2.15. The van der Waals surface area contributed by atoms with Crippen molar-refractivity contribution in [3.8, 4) is 5.69 Å². The summed E-state index contributed by atoms with van der Waals surface area (Å²) in [7, 11) is -3.35. The highest BCUT2D eigenvalue weighted by atomic mass is 32.2. The van der Waals surface area contributed by atoms with E-state index in [2.05, 4.69) is 10.4 Å². The summed E-state index contributed by atoms with van der Waals surface area (Å²) in [6.45, 7) is 2.04. The highest BCUT2D eigenvalue weighted by molar-refractivity contribution is 7.90. The molecule has 1 fully saturated rings. The molecule has 0 saturated heterocycles.